The fourth-order valence-electron chi connectivity index (χ4n) is 3.43. The summed E-state index contributed by atoms with van der Waals surface area (Å²) in [5.74, 6) is 0.663. The Morgan fingerprint density at radius 3 is 2.68 bits per heavy atom. The normalized spacial score (nSPS) is 21.5. The Morgan fingerprint density at radius 2 is 1.82 bits per heavy atom. The minimum absolute atomic E-state index is 0.0457. The highest BCUT2D eigenvalue weighted by atomic mass is 16.5. The lowest BCUT2D eigenvalue weighted by molar-refractivity contribution is -0.119. The van der Waals surface area contributed by atoms with Gasteiger partial charge in [0.2, 0.25) is 5.91 Å². The summed E-state index contributed by atoms with van der Waals surface area (Å²) in [4.78, 5) is 21.4. The monoisotopic (exact) mass is 289 g/mol. The third-order valence-corrected chi connectivity index (χ3v) is 4.50. The van der Waals surface area contributed by atoms with Crippen LogP contribution in [0.3, 0.4) is 0 Å². The minimum Gasteiger partial charge on any atom is -0.491 e. The number of hydrogen-bond donors (Lipinski definition) is 1. The zero-order chi connectivity index (χ0) is 14.7. The topological polar surface area (TPSA) is 64.1 Å². The number of fused-ring (bicyclic) bond motifs is 5. The predicted octanol–water partition coefficient (Wildman–Crippen LogP) is 2.26. The maximum Gasteiger partial charge on any atom is 0.243 e. The minimum atomic E-state index is -0.780. The third-order valence-electron chi connectivity index (χ3n) is 4.50. The fraction of sp³-hybridized carbons (Fsp3) is 0.118. The van der Waals surface area contributed by atoms with Crippen molar-refractivity contribution in [2.75, 3.05) is 11.9 Å². The first-order chi connectivity index (χ1) is 10.8. The summed E-state index contributed by atoms with van der Waals surface area (Å²) in [6, 6.07) is 11.5. The Morgan fingerprint density at radius 1 is 1.05 bits per heavy atom. The number of ether oxygens (including phenoxy) is 1. The molecule has 5 heteroatoms. The second-order valence-electron chi connectivity index (χ2n) is 5.59. The molecule has 3 aromatic rings. The van der Waals surface area contributed by atoms with Crippen molar-refractivity contribution in [2.45, 2.75) is 5.41 Å². The number of benzene rings is 2. The molecule has 1 N–H and O–H groups in total. The molecule has 1 atom stereocenters. The molecule has 1 amide bonds. The van der Waals surface area contributed by atoms with Gasteiger partial charge in [0.05, 0.1) is 11.0 Å². The molecule has 0 saturated carbocycles. The zero-order valence-electron chi connectivity index (χ0n) is 11.5. The molecule has 2 aliphatic rings. The summed E-state index contributed by atoms with van der Waals surface area (Å²) in [6.07, 6.45) is 3.30. The third kappa shape index (κ3) is 1.26. The molecule has 22 heavy (non-hydrogen) atoms. The molecular weight excluding hydrogens is 278 g/mol. The second kappa shape index (κ2) is 3.82. The maximum atomic E-state index is 12.7. The Labute approximate surface area is 126 Å². The number of nitrogens with zero attached hydrogens (tertiary/aromatic N) is 2. The van der Waals surface area contributed by atoms with Gasteiger partial charge in [-0.3, -0.25) is 14.8 Å². The highest BCUT2D eigenvalue weighted by Crippen LogP contribution is 2.50. The van der Waals surface area contributed by atoms with E-state index in [1.54, 1.807) is 12.4 Å². The molecule has 0 saturated heterocycles. The zero-order valence-corrected chi connectivity index (χ0v) is 11.5. The van der Waals surface area contributed by atoms with Gasteiger partial charge < -0.3 is 10.1 Å². The molecule has 5 rings (SSSR count). The van der Waals surface area contributed by atoms with Crippen molar-refractivity contribution in [3.8, 4) is 5.75 Å². The second-order valence-corrected chi connectivity index (χ2v) is 5.59. The van der Waals surface area contributed by atoms with Gasteiger partial charge in [0.25, 0.3) is 0 Å². The number of hydrogen-bond acceptors (Lipinski definition) is 4. The van der Waals surface area contributed by atoms with E-state index >= 15 is 0 Å². The smallest absolute Gasteiger partial charge is 0.243 e. The van der Waals surface area contributed by atoms with Gasteiger partial charge in [-0.25, -0.2) is 0 Å². The van der Waals surface area contributed by atoms with Crippen molar-refractivity contribution >= 4 is 22.6 Å². The van der Waals surface area contributed by atoms with E-state index in [-0.39, 0.29) is 5.91 Å². The van der Waals surface area contributed by atoms with Crippen LogP contribution in [-0.2, 0) is 10.2 Å². The summed E-state index contributed by atoms with van der Waals surface area (Å²) in [7, 11) is 0. The van der Waals surface area contributed by atoms with Crippen molar-refractivity contribution in [1.82, 2.24) is 9.97 Å². The lowest BCUT2D eigenvalue weighted by Crippen LogP contribution is -2.37. The number of amides is 1. The van der Waals surface area contributed by atoms with E-state index in [1.807, 2.05) is 36.4 Å². The van der Waals surface area contributed by atoms with E-state index in [0.717, 1.165) is 27.8 Å². The van der Waals surface area contributed by atoms with Crippen LogP contribution in [0, 0.1) is 0 Å². The number of para-hydroxylation sites is 1. The first kappa shape index (κ1) is 11.7. The SMILES string of the molecule is O=C1Nc2ccccc2C12COc1cc3nccnc3cc12. The number of carbonyl (C=O) groups is 1. The molecule has 1 unspecified atom stereocenters. The van der Waals surface area contributed by atoms with Crippen LogP contribution in [0.25, 0.3) is 11.0 Å². The van der Waals surface area contributed by atoms with Crippen LogP contribution in [-0.4, -0.2) is 22.5 Å². The predicted molar refractivity (Wildman–Crippen MR) is 80.9 cm³/mol. The maximum absolute atomic E-state index is 12.7. The van der Waals surface area contributed by atoms with Gasteiger partial charge in [-0.1, -0.05) is 18.2 Å². The van der Waals surface area contributed by atoms with Crippen LogP contribution in [0.5, 0.6) is 5.75 Å². The number of nitrogens with one attached hydrogen (secondary N) is 1. The molecular formula is C17H11N3O2. The Kier molecular flexibility index (Phi) is 2.03. The van der Waals surface area contributed by atoms with Gasteiger partial charge in [-0.2, -0.15) is 0 Å². The summed E-state index contributed by atoms with van der Waals surface area (Å²) in [6.45, 7) is 0.307. The van der Waals surface area contributed by atoms with Crippen molar-refractivity contribution in [3.05, 3.63) is 59.9 Å². The molecule has 1 aromatic heterocycles. The van der Waals surface area contributed by atoms with Crippen molar-refractivity contribution in [1.29, 1.82) is 0 Å². The molecule has 5 nitrogen and oxygen atoms in total. The highest BCUT2D eigenvalue weighted by Gasteiger charge is 2.53. The standard InChI is InChI=1S/C17H11N3O2/c21-16-17(10-3-1-2-4-12(10)20-16)9-22-15-8-14-13(7-11(15)17)18-5-6-19-14/h1-8H,9H2,(H,20,21). The lowest BCUT2D eigenvalue weighted by Gasteiger charge is -2.20. The fourth-order valence-corrected chi connectivity index (χ4v) is 3.43. The average molecular weight is 289 g/mol. The van der Waals surface area contributed by atoms with Crippen LogP contribution >= 0.6 is 0 Å². The summed E-state index contributed by atoms with van der Waals surface area (Å²) < 4.78 is 5.84. The molecule has 2 aromatic carbocycles. The van der Waals surface area contributed by atoms with E-state index in [1.165, 1.54) is 0 Å². The summed E-state index contributed by atoms with van der Waals surface area (Å²) in [5, 5.41) is 2.96. The van der Waals surface area contributed by atoms with E-state index in [2.05, 4.69) is 15.3 Å². The van der Waals surface area contributed by atoms with Gasteiger partial charge in [0.15, 0.2) is 0 Å². The molecule has 2 aliphatic heterocycles. The number of rotatable bonds is 0. The number of carbonyl (C=O) groups excluding carboxylic acids is 1. The molecule has 0 aliphatic carbocycles. The van der Waals surface area contributed by atoms with E-state index in [0.29, 0.717) is 12.4 Å². The first-order valence-corrected chi connectivity index (χ1v) is 7.08. The van der Waals surface area contributed by atoms with E-state index in [9.17, 15) is 4.79 Å². The Hall–Kier alpha value is -2.95. The van der Waals surface area contributed by atoms with E-state index < -0.39 is 5.41 Å². The van der Waals surface area contributed by atoms with Gasteiger partial charge >= 0.3 is 0 Å². The van der Waals surface area contributed by atoms with Crippen LogP contribution in [0.4, 0.5) is 5.69 Å². The Balaban J connectivity index is 1.84. The van der Waals surface area contributed by atoms with Crippen molar-refractivity contribution in [2.24, 2.45) is 0 Å². The molecule has 0 fully saturated rings. The quantitative estimate of drug-likeness (QED) is 0.689. The van der Waals surface area contributed by atoms with Crippen molar-refractivity contribution in [3.63, 3.8) is 0 Å². The molecule has 106 valence electrons. The molecule has 1 spiro atoms. The van der Waals surface area contributed by atoms with Crippen LogP contribution in [0.1, 0.15) is 11.1 Å². The lowest BCUT2D eigenvalue weighted by atomic mass is 9.77. The average Bonchev–Trinajstić information content (AvgIpc) is 3.06. The number of aromatic nitrogens is 2. The van der Waals surface area contributed by atoms with Gasteiger partial charge in [-0.15, -0.1) is 0 Å². The largest absolute Gasteiger partial charge is 0.491 e. The first-order valence-electron chi connectivity index (χ1n) is 7.08. The molecule has 0 radical (unpaired) electrons. The van der Waals surface area contributed by atoms with Gasteiger partial charge in [-0.05, 0) is 17.7 Å². The van der Waals surface area contributed by atoms with Crippen LogP contribution in [0.15, 0.2) is 48.8 Å². The van der Waals surface area contributed by atoms with Crippen molar-refractivity contribution < 1.29 is 9.53 Å². The number of anilines is 1. The van der Waals surface area contributed by atoms with Crippen LogP contribution < -0.4 is 10.1 Å². The Bertz CT molecular complexity index is 954. The van der Waals surface area contributed by atoms with E-state index in [4.69, 9.17) is 4.74 Å². The molecule has 0 bridgehead atoms. The van der Waals surface area contributed by atoms with Gasteiger partial charge in [0.1, 0.15) is 17.8 Å². The molecule has 3 heterocycles. The summed E-state index contributed by atoms with van der Waals surface area (Å²) in [5.41, 5.74) is 3.43. The summed E-state index contributed by atoms with van der Waals surface area (Å²) >= 11 is 0. The van der Waals surface area contributed by atoms with Gasteiger partial charge in [0, 0.05) is 29.7 Å². The van der Waals surface area contributed by atoms with Crippen LogP contribution in [0.2, 0.25) is 0 Å². The highest BCUT2D eigenvalue weighted by molar-refractivity contribution is 6.10.